The molecular weight excluding hydrogens is 338 g/mol. The predicted octanol–water partition coefficient (Wildman–Crippen LogP) is 4.54. The standard InChI is InChI=1S/C23H21NO3/c25-23(26)24-20(14-16-8-3-1-4-9-16)21-15-18-12-7-13-19(22(18)27-21)17-10-5-2-6-11-17/h1-13,20-21,24H,14-15H2,(H,25,26). The summed E-state index contributed by atoms with van der Waals surface area (Å²) >= 11 is 0. The Hall–Kier alpha value is -3.27. The summed E-state index contributed by atoms with van der Waals surface area (Å²) < 4.78 is 6.30. The molecule has 0 fully saturated rings. The molecule has 136 valence electrons. The first-order chi connectivity index (χ1) is 13.2. The maximum absolute atomic E-state index is 11.4. The van der Waals surface area contributed by atoms with Gasteiger partial charge < -0.3 is 15.2 Å². The summed E-state index contributed by atoms with van der Waals surface area (Å²) in [5.74, 6) is 0.860. The molecule has 1 aliphatic heterocycles. The molecule has 0 aromatic heterocycles. The van der Waals surface area contributed by atoms with Gasteiger partial charge in [-0.2, -0.15) is 0 Å². The van der Waals surface area contributed by atoms with Crippen LogP contribution >= 0.6 is 0 Å². The average molecular weight is 359 g/mol. The van der Waals surface area contributed by atoms with Crippen molar-refractivity contribution in [3.8, 4) is 16.9 Å². The number of carbonyl (C=O) groups is 1. The van der Waals surface area contributed by atoms with Crippen LogP contribution < -0.4 is 10.1 Å². The number of fused-ring (bicyclic) bond motifs is 1. The molecule has 2 N–H and O–H groups in total. The Kier molecular flexibility index (Phi) is 4.79. The smallest absolute Gasteiger partial charge is 0.405 e. The zero-order valence-corrected chi connectivity index (χ0v) is 14.8. The monoisotopic (exact) mass is 359 g/mol. The highest BCUT2D eigenvalue weighted by atomic mass is 16.5. The van der Waals surface area contributed by atoms with Gasteiger partial charge in [0.2, 0.25) is 0 Å². The molecule has 1 heterocycles. The van der Waals surface area contributed by atoms with Gasteiger partial charge in [-0.3, -0.25) is 0 Å². The van der Waals surface area contributed by atoms with Crippen molar-refractivity contribution in [2.24, 2.45) is 0 Å². The van der Waals surface area contributed by atoms with Crippen molar-refractivity contribution in [1.82, 2.24) is 5.32 Å². The summed E-state index contributed by atoms with van der Waals surface area (Å²) in [5.41, 5.74) is 4.34. The topological polar surface area (TPSA) is 58.6 Å². The van der Waals surface area contributed by atoms with E-state index in [1.165, 1.54) is 0 Å². The zero-order valence-electron chi connectivity index (χ0n) is 14.8. The Balaban J connectivity index is 1.61. The molecule has 0 spiro atoms. The van der Waals surface area contributed by atoms with E-state index in [-0.39, 0.29) is 12.1 Å². The number of nitrogens with one attached hydrogen (secondary N) is 1. The third-order valence-corrected chi connectivity index (χ3v) is 4.93. The summed E-state index contributed by atoms with van der Waals surface area (Å²) in [5, 5.41) is 12.0. The SMILES string of the molecule is O=C(O)NC(Cc1ccccc1)C1Cc2cccc(-c3ccccc3)c2O1. The third kappa shape index (κ3) is 3.80. The van der Waals surface area contributed by atoms with Crippen molar-refractivity contribution < 1.29 is 14.6 Å². The number of ether oxygens (including phenoxy) is 1. The zero-order chi connectivity index (χ0) is 18.6. The van der Waals surface area contributed by atoms with Crippen LogP contribution in [0.25, 0.3) is 11.1 Å². The second-order valence-corrected chi connectivity index (χ2v) is 6.77. The average Bonchev–Trinajstić information content (AvgIpc) is 3.13. The highest BCUT2D eigenvalue weighted by molar-refractivity contribution is 5.73. The Labute approximate surface area is 158 Å². The molecule has 4 rings (SSSR count). The number of para-hydroxylation sites is 1. The fourth-order valence-electron chi connectivity index (χ4n) is 3.67. The van der Waals surface area contributed by atoms with Crippen LogP contribution in [0.1, 0.15) is 11.1 Å². The van der Waals surface area contributed by atoms with E-state index in [0.29, 0.717) is 12.8 Å². The Morgan fingerprint density at radius 3 is 2.41 bits per heavy atom. The van der Waals surface area contributed by atoms with Crippen LogP contribution in [0.4, 0.5) is 4.79 Å². The first kappa shape index (κ1) is 17.2. The van der Waals surface area contributed by atoms with Crippen LogP contribution in [0.3, 0.4) is 0 Å². The van der Waals surface area contributed by atoms with Gasteiger partial charge in [0, 0.05) is 12.0 Å². The third-order valence-electron chi connectivity index (χ3n) is 4.93. The van der Waals surface area contributed by atoms with Crippen molar-refractivity contribution in [2.75, 3.05) is 0 Å². The maximum Gasteiger partial charge on any atom is 0.405 e. The van der Waals surface area contributed by atoms with Crippen LogP contribution in [0.5, 0.6) is 5.75 Å². The molecule has 1 amide bonds. The number of amides is 1. The summed E-state index contributed by atoms with van der Waals surface area (Å²) in [6, 6.07) is 25.8. The highest BCUT2D eigenvalue weighted by Crippen LogP contribution is 2.39. The number of rotatable bonds is 5. The van der Waals surface area contributed by atoms with E-state index in [1.54, 1.807) is 0 Å². The van der Waals surface area contributed by atoms with E-state index in [0.717, 1.165) is 28.0 Å². The lowest BCUT2D eigenvalue weighted by Crippen LogP contribution is -2.46. The van der Waals surface area contributed by atoms with Crippen LogP contribution in [0.15, 0.2) is 78.9 Å². The molecule has 27 heavy (non-hydrogen) atoms. The molecule has 0 saturated heterocycles. The van der Waals surface area contributed by atoms with Gasteiger partial charge in [0.05, 0.1) is 6.04 Å². The highest BCUT2D eigenvalue weighted by Gasteiger charge is 2.33. The van der Waals surface area contributed by atoms with Crippen LogP contribution in [0.2, 0.25) is 0 Å². The van der Waals surface area contributed by atoms with E-state index >= 15 is 0 Å². The van der Waals surface area contributed by atoms with E-state index in [1.807, 2.05) is 60.7 Å². The molecule has 4 heteroatoms. The van der Waals surface area contributed by atoms with Crippen molar-refractivity contribution in [1.29, 1.82) is 0 Å². The van der Waals surface area contributed by atoms with E-state index in [9.17, 15) is 9.90 Å². The molecule has 0 bridgehead atoms. The van der Waals surface area contributed by atoms with Gasteiger partial charge in [-0.05, 0) is 23.1 Å². The largest absolute Gasteiger partial charge is 0.487 e. The minimum absolute atomic E-state index is 0.235. The fraction of sp³-hybridized carbons (Fsp3) is 0.174. The minimum Gasteiger partial charge on any atom is -0.487 e. The fourth-order valence-corrected chi connectivity index (χ4v) is 3.67. The normalized spacial score (nSPS) is 16.2. The van der Waals surface area contributed by atoms with Crippen molar-refractivity contribution in [3.05, 3.63) is 90.0 Å². The van der Waals surface area contributed by atoms with Crippen molar-refractivity contribution >= 4 is 6.09 Å². The Morgan fingerprint density at radius 1 is 1.00 bits per heavy atom. The van der Waals surface area contributed by atoms with Crippen LogP contribution in [0, 0.1) is 0 Å². The van der Waals surface area contributed by atoms with E-state index < -0.39 is 6.09 Å². The first-order valence-electron chi connectivity index (χ1n) is 9.08. The predicted molar refractivity (Wildman–Crippen MR) is 105 cm³/mol. The Morgan fingerprint density at radius 2 is 1.70 bits per heavy atom. The molecule has 2 unspecified atom stereocenters. The first-order valence-corrected chi connectivity index (χ1v) is 9.08. The van der Waals surface area contributed by atoms with E-state index in [4.69, 9.17) is 4.74 Å². The lowest BCUT2D eigenvalue weighted by molar-refractivity contribution is 0.154. The van der Waals surface area contributed by atoms with Gasteiger partial charge in [0.15, 0.2) is 0 Å². The molecule has 0 aliphatic carbocycles. The quantitative estimate of drug-likeness (QED) is 0.703. The molecule has 1 aliphatic rings. The lowest BCUT2D eigenvalue weighted by atomic mass is 9.96. The number of hydrogen-bond acceptors (Lipinski definition) is 2. The Bertz CT molecular complexity index is 925. The van der Waals surface area contributed by atoms with Gasteiger partial charge in [-0.1, -0.05) is 78.9 Å². The summed E-state index contributed by atoms with van der Waals surface area (Å²) in [6.45, 7) is 0. The second-order valence-electron chi connectivity index (χ2n) is 6.77. The second kappa shape index (κ2) is 7.54. The number of hydrogen-bond donors (Lipinski definition) is 2. The van der Waals surface area contributed by atoms with Crippen molar-refractivity contribution in [3.63, 3.8) is 0 Å². The molecule has 2 atom stereocenters. The van der Waals surface area contributed by atoms with Crippen molar-refractivity contribution in [2.45, 2.75) is 25.0 Å². The summed E-state index contributed by atoms with van der Waals surface area (Å²) in [6.07, 6.45) is 0.0141. The lowest BCUT2D eigenvalue weighted by Gasteiger charge is -2.23. The van der Waals surface area contributed by atoms with Gasteiger partial charge in [-0.15, -0.1) is 0 Å². The molecule has 3 aromatic rings. The van der Waals surface area contributed by atoms with Gasteiger partial charge in [0.1, 0.15) is 11.9 Å². The van der Waals surface area contributed by atoms with Gasteiger partial charge >= 0.3 is 6.09 Å². The molecular formula is C23H21NO3. The van der Waals surface area contributed by atoms with E-state index in [2.05, 4.69) is 23.5 Å². The van der Waals surface area contributed by atoms with Gasteiger partial charge in [0.25, 0.3) is 0 Å². The van der Waals surface area contributed by atoms with Crippen LogP contribution in [-0.2, 0) is 12.8 Å². The van der Waals surface area contributed by atoms with Crippen LogP contribution in [-0.4, -0.2) is 23.3 Å². The number of benzene rings is 3. The molecule has 3 aromatic carbocycles. The summed E-state index contributed by atoms with van der Waals surface area (Å²) in [7, 11) is 0. The molecule has 4 nitrogen and oxygen atoms in total. The van der Waals surface area contributed by atoms with Gasteiger partial charge in [-0.25, -0.2) is 4.79 Å². The maximum atomic E-state index is 11.4. The molecule has 0 radical (unpaired) electrons. The number of carboxylic acid groups (broad SMARTS) is 1. The minimum atomic E-state index is -1.03. The molecule has 0 saturated carbocycles. The summed E-state index contributed by atoms with van der Waals surface area (Å²) in [4.78, 5) is 11.4.